The number of carbonyl (C=O) groups is 1. The topological polar surface area (TPSA) is 49.3 Å². The molecule has 100 valence electrons. The van der Waals surface area contributed by atoms with Gasteiger partial charge in [-0.1, -0.05) is 20.8 Å². The molecule has 1 aromatic rings. The van der Waals surface area contributed by atoms with Gasteiger partial charge < -0.3 is 10.4 Å². The van der Waals surface area contributed by atoms with E-state index in [0.717, 1.165) is 31.4 Å². The van der Waals surface area contributed by atoms with Gasteiger partial charge in [0.2, 0.25) is 0 Å². The molecule has 0 fully saturated rings. The van der Waals surface area contributed by atoms with Gasteiger partial charge in [-0.3, -0.25) is 4.79 Å². The number of hydrogen-bond donors (Lipinski definition) is 2. The number of carbonyl (C=O) groups excluding carboxylic acids is 1. The smallest absolute Gasteiger partial charge is 0.255 e. The summed E-state index contributed by atoms with van der Waals surface area (Å²) in [6, 6.07) is 3.37. The van der Waals surface area contributed by atoms with Crippen LogP contribution in [0, 0.1) is 5.82 Å². The fraction of sp³-hybridized carbons (Fsp3) is 0.500. The van der Waals surface area contributed by atoms with Crippen LogP contribution < -0.4 is 5.32 Å². The van der Waals surface area contributed by atoms with E-state index in [-0.39, 0.29) is 16.9 Å². The van der Waals surface area contributed by atoms with Crippen molar-refractivity contribution in [2.75, 3.05) is 0 Å². The lowest BCUT2D eigenvalue weighted by Gasteiger charge is -2.31. The van der Waals surface area contributed by atoms with E-state index in [9.17, 15) is 14.3 Å². The van der Waals surface area contributed by atoms with Crippen LogP contribution in [0.5, 0.6) is 5.75 Å². The van der Waals surface area contributed by atoms with Gasteiger partial charge in [0, 0.05) is 5.54 Å². The van der Waals surface area contributed by atoms with Crippen molar-refractivity contribution in [2.24, 2.45) is 0 Å². The summed E-state index contributed by atoms with van der Waals surface area (Å²) in [5.41, 5.74) is -0.315. The van der Waals surface area contributed by atoms with Crippen molar-refractivity contribution >= 4 is 5.91 Å². The third kappa shape index (κ3) is 3.00. The molecule has 0 heterocycles. The largest absolute Gasteiger partial charge is 0.507 e. The zero-order valence-electron chi connectivity index (χ0n) is 11.1. The fourth-order valence-electron chi connectivity index (χ4n) is 2.01. The molecule has 0 aliphatic carbocycles. The average molecular weight is 253 g/mol. The van der Waals surface area contributed by atoms with E-state index in [1.165, 1.54) is 6.07 Å². The highest BCUT2D eigenvalue weighted by Gasteiger charge is 2.27. The minimum atomic E-state index is -0.534. The van der Waals surface area contributed by atoms with Crippen LogP contribution in [0.3, 0.4) is 0 Å². The minimum Gasteiger partial charge on any atom is -0.507 e. The van der Waals surface area contributed by atoms with Crippen LogP contribution in [0.2, 0.25) is 0 Å². The number of aromatic hydroxyl groups is 1. The Balaban J connectivity index is 2.97. The standard InChI is InChI=1S/C14H20FNO2/c1-4-14(5-2,6-3)16-13(18)11-9-10(15)7-8-12(11)17/h7-9,17H,4-6H2,1-3H3,(H,16,18). The lowest BCUT2D eigenvalue weighted by molar-refractivity contribution is 0.0885. The summed E-state index contributed by atoms with van der Waals surface area (Å²) in [5.74, 6) is -1.17. The van der Waals surface area contributed by atoms with Crippen molar-refractivity contribution in [1.29, 1.82) is 0 Å². The summed E-state index contributed by atoms with van der Waals surface area (Å²) in [7, 11) is 0. The Morgan fingerprint density at radius 3 is 2.33 bits per heavy atom. The van der Waals surface area contributed by atoms with Crippen LogP contribution >= 0.6 is 0 Å². The molecule has 0 aromatic heterocycles. The van der Waals surface area contributed by atoms with Crippen molar-refractivity contribution < 1.29 is 14.3 Å². The summed E-state index contributed by atoms with van der Waals surface area (Å²) in [4.78, 5) is 12.1. The Bertz CT molecular complexity index is 420. The molecule has 0 aliphatic heterocycles. The second-order valence-electron chi connectivity index (χ2n) is 4.46. The zero-order chi connectivity index (χ0) is 13.8. The molecule has 1 aromatic carbocycles. The molecule has 0 atom stereocenters. The van der Waals surface area contributed by atoms with E-state index in [2.05, 4.69) is 5.32 Å². The highest BCUT2D eigenvalue weighted by atomic mass is 19.1. The van der Waals surface area contributed by atoms with Crippen LogP contribution in [0.25, 0.3) is 0 Å². The Hall–Kier alpha value is -1.58. The lowest BCUT2D eigenvalue weighted by Crippen LogP contribution is -2.47. The number of phenolic OH excluding ortho intramolecular Hbond substituents is 1. The predicted octanol–water partition coefficient (Wildman–Crippen LogP) is 3.23. The fourth-order valence-corrected chi connectivity index (χ4v) is 2.01. The number of amides is 1. The Labute approximate surface area is 107 Å². The maximum absolute atomic E-state index is 13.1. The number of phenols is 1. The van der Waals surface area contributed by atoms with Gasteiger partial charge in [-0.25, -0.2) is 4.39 Å². The molecule has 3 nitrogen and oxygen atoms in total. The first-order valence-corrected chi connectivity index (χ1v) is 6.29. The van der Waals surface area contributed by atoms with Crippen molar-refractivity contribution in [2.45, 2.75) is 45.6 Å². The van der Waals surface area contributed by atoms with Crippen molar-refractivity contribution in [3.05, 3.63) is 29.6 Å². The van der Waals surface area contributed by atoms with Gasteiger partial charge in [-0.2, -0.15) is 0 Å². The molecule has 0 aliphatic rings. The molecule has 0 saturated carbocycles. The van der Waals surface area contributed by atoms with Crippen LogP contribution in [0.15, 0.2) is 18.2 Å². The normalized spacial score (nSPS) is 11.3. The highest BCUT2D eigenvalue weighted by molar-refractivity contribution is 5.97. The Kier molecular flexibility index (Phi) is 4.70. The van der Waals surface area contributed by atoms with Gasteiger partial charge in [0.25, 0.3) is 5.91 Å². The molecular formula is C14H20FNO2. The van der Waals surface area contributed by atoms with Crippen LogP contribution in [0.1, 0.15) is 50.4 Å². The van der Waals surface area contributed by atoms with Crippen molar-refractivity contribution in [3.8, 4) is 5.75 Å². The van der Waals surface area contributed by atoms with E-state index in [4.69, 9.17) is 0 Å². The van der Waals surface area contributed by atoms with Crippen LogP contribution in [-0.2, 0) is 0 Å². The first-order valence-electron chi connectivity index (χ1n) is 6.29. The van der Waals surface area contributed by atoms with Gasteiger partial charge in [0.1, 0.15) is 11.6 Å². The summed E-state index contributed by atoms with van der Waals surface area (Å²) in [6.45, 7) is 6.00. The molecule has 18 heavy (non-hydrogen) atoms. The number of benzene rings is 1. The van der Waals surface area contributed by atoms with Crippen LogP contribution in [-0.4, -0.2) is 16.6 Å². The average Bonchev–Trinajstić information content (AvgIpc) is 2.38. The summed E-state index contributed by atoms with van der Waals surface area (Å²) in [6.07, 6.45) is 2.38. The lowest BCUT2D eigenvalue weighted by atomic mass is 9.89. The van der Waals surface area contributed by atoms with Gasteiger partial charge in [-0.05, 0) is 37.5 Å². The third-order valence-electron chi connectivity index (χ3n) is 3.61. The molecule has 0 saturated heterocycles. The number of halogens is 1. The third-order valence-corrected chi connectivity index (χ3v) is 3.61. The van der Waals surface area contributed by atoms with Gasteiger partial charge >= 0.3 is 0 Å². The molecule has 0 radical (unpaired) electrons. The highest BCUT2D eigenvalue weighted by Crippen LogP contribution is 2.23. The molecule has 1 amide bonds. The van der Waals surface area contributed by atoms with E-state index in [0.29, 0.717) is 0 Å². The molecule has 4 heteroatoms. The maximum Gasteiger partial charge on any atom is 0.255 e. The molecular weight excluding hydrogens is 233 g/mol. The monoisotopic (exact) mass is 253 g/mol. The zero-order valence-corrected chi connectivity index (χ0v) is 11.1. The second kappa shape index (κ2) is 5.85. The Morgan fingerprint density at radius 1 is 1.28 bits per heavy atom. The SMILES string of the molecule is CCC(CC)(CC)NC(=O)c1cc(F)ccc1O. The van der Waals surface area contributed by atoms with Crippen LogP contribution in [0.4, 0.5) is 4.39 Å². The number of nitrogens with one attached hydrogen (secondary N) is 1. The first kappa shape index (κ1) is 14.5. The minimum absolute atomic E-state index is 0.0188. The molecule has 1 rings (SSSR count). The molecule has 0 spiro atoms. The van der Waals surface area contributed by atoms with Crippen molar-refractivity contribution in [1.82, 2.24) is 5.32 Å². The van der Waals surface area contributed by atoms with E-state index in [1.54, 1.807) is 0 Å². The van der Waals surface area contributed by atoms with E-state index < -0.39 is 11.7 Å². The summed E-state index contributed by atoms with van der Waals surface area (Å²) < 4.78 is 13.1. The number of rotatable bonds is 5. The molecule has 2 N–H and O–H groups in total. The predicted molar refractivity (Wildman–Crippen MR) is 69.1 cm³/mol. The van der Waals surface area contributed by atoms with Crippen molar-refractivity contribution in [3.63, 3.8) is 0 Å². The second-order valence-corrected chi connectivity index (χ2v) is 4.46. The quantitative estimate of drug-likeness (QED) is 0.846. The summed E-state index contributed by atoms with van der Waals surface area (Å²) in [5, 5.41) is 12.5. The molecule has 0 unspecified atom stereocenters. The van der Waals surface area contributed by atoms with Gasteiger partial charge in [-0.15, -0.1) is 0 Å². The number of hydrogen-bond acceptors (Lipinski definition) is 2. The Morgan fingerprint density at radius 2 is 1.83 bits per heavy atom. The maximum atomic E-state index is 13.1. The summed E-state index contributed by atoms with van der Waals surface area (Å²) >= 11 is 0. The first-order chi connectivity index (χ1) is 8.48. The molecule has 0 bridgehead atoms. The van der Waals surface area contributed by atoms with Gasteiger partial charge in [0.05, 0.1) is 5.56 Å². The van der Waals surface area contributed by atoms with Gasteiger partial charge in [0.15, 0.2) is 0 Å². The van der Waals surface area contributed by atoms with E-state index in [1.807, 2.05) is 20.8 Å². The van der Waals surface area contributed by atoms with E-state index >= 15 is 0 Å².